The Labute approximate surface area is 202 Å². The lowest BCUT2D eigenvalue weighted by Crippen LogP contribution is -2.52. The maximum Gasteiger partial charge on any atom is 0.260 e. The van der Waals surface area contributed by atoms with E-state index in [1.807, 2.05) is 0 Å². The van der Waals surface area contributed by atoms with E-state index in [1.54, 1.807) is 29.2 Å². The van der Waals surface area contributed by atoms with Crippen molar-refractivity contribution in [2.24, 2.45) is 22.7 Å². The van der Waals surface area contributed by atoms with Gasteiger partial charge in [-0.15, -0.1) is 0 Å². The van der Waals surface area contributed by atoms with Gasteiger partial charge in [-0.3, -0.25) is 9.79 Å². The summed E-state index contributed by atoms with van der Waals surface area (Å²) in [5.74, 6) is -0.559. The van der Waals surface area contributed by atoms with Gasteiger partial charge in [-0.1, -0.05) is 12.1 Å². The van der Waals surface area contributed by atoms with E-state index in [4.69, 9.17) is 0 Å². The zero-order valence-corrected chi connectivity index (χ0v) is 19.6. The van der Waals surface area contributed by atoms with E-state index in [-0.39, 0.29) is 58.1 Å². The summed E-state index contributed by atoms with van der Waals surface area (Å²) in [6, 6.07) is 10.5. The number of amides is 1. The van der Waals surface area contributed by atoms with Gasteiger partial charge in [-0.25, -0.2) is 12.8 Å². The summed E-state index contributed by atoms with van der Waals surface area (Å²) in [4.78, 5) is 19.5. The van der Waals surface area contributed by atoms with Gasteiger partial charge in [0.15, 0.2) is 0 Å². The second kappa shape index (κ2) is 7.78. The molecule has 2 N–H and O–H groups in total. The lowest BCUT2D eigenvalue weighted by Gasteiger charge is -2.44. The molecular formula is C26H24FN3O4S. The molecule has 0 unspecified atom stereocenters. The van der Waals surface area contributed by atoms with Crippen LogP contribution in [0.1, 0.15) is 24.8 Å². The van der Waals surface area contributed by atoms with Crippen LogP contribution in [0.5, 0.6) is 0 Å². The first-order valence-electron chi connectivity index (χ1n) is 11.6. The summed E-state index contributed by atoms with van der Waals surface area (Å²) in [7, 11) is -3.90. The number of halogens is 1. The van der Waals surface area contributed by atoms with E-state index in [0.717, 1.165) is 30.2 Å². The van der Waals surface area contributed by atoms with E-state index in [2.05, 4.69) is 17.0 Å². The Hall–Kier alpha value is -3.46. The topological polar surface area (TPSA) is 99.1 Å². The molecule has 2 aromatic carbocycles. The first-order valence-corrected chi connectivity index (χ1v) is 13.1. The number of rotatable bonds is 4. The summed E-state index contributed by atoms with van der Waals surface area (Å²) in [5, 5.41) is 15.5. The first kappa shape index (κ1) is 22.0. The summed E-state index contributed by atoms with van der Waals surface area (Å²) in [6.45, 7) is 3.70. The molecular weight excluding hydrogens is 469 g/mol. The Morgan fingerprint density at radius 1 is 1.14 bits per heavy atom. The number of hydrogen-bond acceptors (Lipinski definition) is 6. The average Bonchev–Trinajstić information content (AvgIpc) is 3.45. The second-order valence-corrected chi connectivity index (χ2v) is 11.5. The fourth-order valence-electron chi connectivity index (χ4n) is 6.33. The zero-order chi connectivity index (χ0) is 24.5. The van der Waals surface area contributed by atoms with Gasteiger partial charge in [-0.2, -0.15) is 0 Å². The predicted molar refractivity (Wildman–Crippen MR) is 129 cm³/mol. The molecule has 2 saturated carbocycles. The molecule has 0 radical (unpaired) electrons. The fourth-order valence-corrected chi connectivity index (χ4v) is 7.65. The molecule has 9 heteroatoms. The van der Waals surface area contributed by atoms with Crippen molar-refractivity contribution in [2.45, 2.75) is 36.7 Å². The van der Waals surface area contributed by atoms with Gasteiger partial charge in [0.1, 0.15) is 17.1 Å². The highest BCUT2D eigenvalue weighted by atomic mass is 32.2. The van der Waals surface area contributed by atoms with Crippen LogP contribution in [0.4, 0.5) is 15.8 Å². The number of nitrogens with one attached hydrogen (secondary N) is 1. The van der Waals surface area contributed by atoms with Crippen molar-refractivity contribution in [1.82, 2.24) is 4.90 Å². The highest BCUT2D eigenvalue weighted by Gasteiger charge is 2.56. The zero-order valence-electron chi connectivity index (χ0n) is 18.8. The summed E-state index contributed by atoms with van der Waals surface area (Å²) in [5.41, 5.74) is 1.54. The molecule has 4 atom stereocenters. The summed E-state index contributed by atoms with van der Waals surface area (Å²) >= 11 is 0. The van der Waals surface area contributed by atoms with Crippen molar-refractivity contribution < 1.29 is 22.7 Å². The number of carbonyl (C=O) groups excluding carboxylic acids is 1. The first-order chi connectivity index (χ1) is 16.8. The summed E-state index contributed by atoms with van der Waals surface area (Å²) in [6.07, 6.45) is 2.88. The monoisotopic (exact) mass is 493 g/mol. The van der Waals surface area contributed by atoms with Crippen LogP contribution in [0.15, 0.2) is 74.8 Å². The maximum absolute atomic E-state index is 13.9. The Morgan fingerprint density at radius 2 is 1.89 bits per heavy atom. The highest BCUT2D eigenvalue weighted by Crippen LogP contribution is 2.56. The third-order valence-corrected chi connectivity index (χ3v) is 9.31. The second-order valence-electron chi connectivity index (χ2n) is 9.71. The number of carbonyl (C=O) groups is 1. The Morgan fingerprint density at radius 3 is 2.63 bits per heavy atom. The number of hydrogen-bond donors (Lipinski definition) is 2. The van der Waals surface area contributed by atoms with Crippen molar-refractivity contribution in [1.29, 1.82) is 0 Å². The SMILES string of the molecule is C=Nc1ccc2c(c1)S(=O)(=O)C=C(C1=C(O)[C@@H]3[C@H]4CC[C@H](C4)[C@@H]3N(Cc3ccc(F)cc3)C1=O)N2. The van der Waals surface area contributed by atoms with Crippen molar-refractivity contribution >= 4 is 33.8 Å². The molecule has 2 aliphatic heterocycles. The highest BCUT2D eigenvalue weighted by molar-refractivity contribution is 7.94. The normalized spacial score (nSPS) is 28.3. The van der Waals surface area contributed by atoms with Crippen molar-refractivity contribution in [2.75, 3.05) is 5.32 Å². The fraction of sp³-hybridized carbons (Fsp3) is 0.308. The molecule has 0 saturated heterocycles. The Balaban J connectivity index is 1.44. The van der Waals surface area contributed by atoms with Crippen molar-refractivity contribution in [3.05, 3.63) is 76.3 Å². The molecule has 0 aromatic heterocycles. The van der Waals surface area contributed by atoms with Crippen LogP contribution in [-0.4, -0.2) is 37.1 Å². The van der Waals surface area contributed by atoms with Gasteiger partial charge in [0, 0.05) is 18.5 Å². The quantitative estimate of drug-likeness (QED) is 0.613. The van der Waals surface area contributed by atoms with Crippen LogP contribution in [0.2, 0.25) is 0 Å². The van der Waals surface area contributed by atoms with E-state index in [9.17, 15) is 22.7 Å². The molecule has 2 heterocycles. The minimum absolute atomic E-state index is 0.0129. The van der Waals surface area contributed by atoms with Gasteiger partial charge in [-0.05, 0) is 73.7 Å². The molecule has 4 aliphatic rings. The number of aliphatic hydroxyl groups excluding tert-OH is 1. The number of aliphatic imine (C=N–C) groups is 1. The van der Waals surface area contributed by atoms with Gasteiger partial charge < -0.3 is 15.3 Å². The van der Waals surface area contributed by atoms with E-state index in [1.165, 1.54) is 18.2 Å². The van der Waals surface area contributed by atoms with Crippen LogP contribution < -0.4 is 5.32 Å². The molecule has 2 fully saturated rings. The van der Waals surface area contributed by atoms with Gasteiger partial charge in [0.25, 0.3) is 5.91 Å². The number of sulfone groups is 1. The van der Waals surface area contributed by atoms with Crippen LogP contribution in [0, 0.1) is 23.6 Å². The minimum Gasteiger partial charge on any atom is -0.511 e. The Bertz CT molecular complexity index is 1430. The molecule has 2 bridgehead atoms. The Kier molecular flexibility index (Phi) is 4.90. The lowest BCUT2D eigenvalue weighted by atomic mass is 9.77. The molecule has 1 amide bonds. The average molecular weight is 494 g/mol. The molecule has 180 valence electrons. The van der Waals surface area contributed by atoms with E-state index in [0.29, 0.717) is 11.4 Å². The lowest BCUT2D eigenvalue weighted by molar-refractivity contribution is -0.134. The third-order valence-electron chi connectivity index (χ3n) is 7.81. The molecule has 2 aromatic rings. The predicted octanol–water partition coefficient (Wildman–Crippen LogP) is 4.47. The van der Waals surface area contributed by atoms with E-state index < -0.39 is 15.7 Å². The molecule has 35 heavy (non-hydrogen) atoms. The van der Waals surface area contributed by atoms with Gasteiger partial charge in [0.2, 0.25) is 9.84 Å². The minimum atomic E-state index is -3.90. The number of nitrogens with zero attached hydrogens (tertiary/aromatic N) is 2. The maximum atomic E-state index is 13.9. The largest absolute Gasteiger partial charge is 0.511 e. The van der Waals surface area contributed by atoms with Gasteiger partial charge in [0.05, 0.1) is 27.4 Å². The van der Waals surface area contributed by atoms with Crippen LogP contribution >= 0.6 is 0 Å². The standard InChI is InChI=1S/C26H24FN3O4S/c1-28-18-8-9-19-21(11-18)35(33,34)13-20(29-19)23-25(31)22-15-4-5-16(10-15)24(22)30(26(23)32)12-14-2-6-17(27)7-3-14/h2-3,6-9,11,13,15-16,22,24,29,31H,1,4-5,10,12H2/t15-,16+,22+,24-/m0/s1. The van der Waals surface area contributed by atoms with Gasteiger partial charge >= 0.3 is 0 Å². The molecule has 7 nitrogen and oxygen atoms in total. The summed E-state index contributed by atoms with van der Waals surface area (Å²) < 4.78 is 39.7. The smallest absolute Gasteiger partial charge is 0.260 e. The van der Waals surface area contributed by atoms with Crippen LogP contribution in [0.25, 0.3) is 0 Å². The van der Waals surface area contributed by atoms with Crippen LogP contribution in [0.3, 0.4) is 0 Å². The van der Waals surface area contributed by atoms with Crippen molar-refractivity contribution in [3.63, 3.8) is 0 Å². The number of benzene rings is 2. The number of fused-ring (bicyclic) bond motifs is 6. The molecule has 0 spiro atoms. The van der Waals surface area contributed by atoms with Crippen LogP contribution in [-0.2, 0) is 21.2 Å². The number of aliphatic hydroxyl groups is 1. The third kappa shape index (κ3) is 3.40. The van der Waals surface area contributed by atoms with Crippen molar-refractivity contribution in [3.8, 4) is 0 Å². The van der Waals surface area contributed by atoms with E-state index >= 15 is 0 Å². The number of anilines is 1. The molecule has 2 aliphatic carbocycles. The molecule has 6 rings (SSSR count).